The number of aromatic amines is 1. The Balaban J connectivity index is 1.81. The fourth-order valence-corrected chi connectivity index (χ4v) is 5.02. The van der Waals surface area contributed by atoms with Crippen LogP contribution in [0.25, 0.3) is 31.6 Å². The molecule has 130 valence electrons. The summed E-state index contributed by atoms with van der Waals surface area (Å²) < 4.78 is 0. The molecule has 3 nitrogen and oxygen atoms in total. The maximum atomic E-state index is 12.8. The molecule has 4 rings (SSSR count). The van der Waals surface area contributed by atoms with Crippen molar-refractivity contribution >= 4 is 55.6 Å². The second kappa shape index (κ2) is 7.23. The molecular weight excluding hydrogens is 380 g/mol. The topological polar surface area (TPSA) is 45.8 Å². The maximum absolute atomic E-state index is 12.8. The standard InChI is InChI=1S/C20H16N2OS3/c1-12-5-7-13(8-6-12)10-16(24-2)18-21-19(23)17-14(11-26-20(17)22-18)15-4-3-9-25-15/h3-11H,1-2H3,(H,21,22,23)/b16-10-. The Labute approximate surface area is 163 Å². The van der Waals surface area contributed by atoms with Crippen LogP contribution in [0.2, 0.25) is 0 Å². The van der Waals surface area contributed by atoms with Crippen LogP contribution in [0.5, 0.6) is 0 Å². The third-order valence-corrected chi connectivity index (χ3v) is 6.59. The van der Waals surface area contributed by atoms with Gasteiger partial charge in [0.15, 0.2) is 0 Å². The molecule has 0 amide bonds. The molecule has 3 heterocycles. The highest BCUT2D eigenvalue weighted by Crippen LogP contribution is 2.34. The van der Waals surface area contributed by atoms with E-state index in [-0.39, 0.29) is 5.56 Å². The number of aryl methyl sites for hydroxylation is 1. The Hall–Kier alpha value is -2.15. The second-order valence-corrected chi connectivity index (χ2v) is 8.50. The number of nitrogens with zero attached hydrogens (tertiary/aromatic N) is 1. The first-order valence-electron chi connectivity index (χ1n) is 8.04. The molecule has 0 unspecified atom stereocenters. The highest BCUT2D eigenvalue weighted by molar-refractivity contribution is 8.07. The number of aromatic nitrogens is 2. The van der Waals surface area contributed by atoms with Crippen LogP contribution in [0, 0.1) is 6.92 Å². The number of hydrogen-bond donors (Lipinski definition) is 1. The van der Waals surface area contributed by atoms with Crippen molar-refractivity contribution in [2.24, 2.45) is 0 Å². The van der Waals surface area contributed by atoms with Crippen molar-refractivity contribution in [3.05, 3.63) is 74.5 Å². The SMILES string of the molecule is CS/C(=C\c1ccc(C)cc1)c1nc2scc(-c3cccs3)c2c(=O)[nH]1. The Morgan fingerprint density at radius 1 is 1.19 bits per heavy atom. The molecular formula is C20H16N2OS3. The smallest absolute Gasteiger partial charge is 0.260 e. The first kappa shape index (κ1) is 17.3. The third kappa shape index (κ3) is 3.28. The summed E-state index contributed by atoms with van der Waals surface area (Å²) in [5.41, 5.74) is 3.20. The van der Waals surface area contributed by atoms with Crippen LogP contribution in [-0.4, -0.2) is 16.2 Å². The lowest BCUT2D eigenvalue weighted by Gasteiger charge is -2.05. The van der Waals surface area contributed by atoms with Crippen LogP contribution in [0.15, 0.2) is 52.0 Å². The molecule has 1 aromatic carbocycles. The van der Waals surface area contributed by atoms with Gasteiger partial charge in [-0.3, -0.25) is 4.79 Å². The van der Waals surface area contributed by atoms with Gasteiger partial charge in [0, 0.05) is 15.8 Å². The van der Waals surface area contributed by atoms with Crippen molar-refractivity contribution < 1.29 is 0 Å². The van der Waals surface area contributed by atoms with Crippen molar-refractivity contribution in [2.45, 2.75) is 6.92 Å². The number of nitrogens with one attached hydrogen (secondary N) is 1. The van der Waals surface area contributed by atoms with Gasteiger partial charge >= 0.3 is 0 Å². The fraction of sp³-hybridized carbons (Fsp3) is 0.100. The largest absolute Gasteiger partial charge is 0.305 e. The fourth-order valence-electron chi connectivity index (χ4n) is 2.72. The van der Waals surface area contributed by atoms with E-state index in [0.29, 0.717) is 11.2 Å². The van der Waals surface area contributed by atoms with Gasteiger partial charge in [-0.1, -0.05) is 35.9 Å². The number of thioether (sulfide) groups is 1. The first-order valence-corrected chi connectivity index (χ1v) is 11.0. The number of thiophene rings is 2. The van der Waals surface area contributed by atoms with Gasteiger partial charge in [0.05, 0.1) is 10.3 Å². The van der Waals surface area contributed by atoms with E-state index in [4.69, 9.17) is 4.98 Å². The molecule has 26 heavy (non-hydrogen) atoms. The van der Waals surface area contributed by atoms with E-state index in [1.165, 1.54) is 16.9 Å². The van der Waals surface area contributed by atoms with Gasteiger partial charge < -0.3 is 4.98 Å². The summed E-state index contributed by atoms with van der Waals surface area (Å²) in [6, 6.07) is 12.3. The Bertz CT molecular complexity index is 1140. The van der Waals surface area contributed by atoms with E-state index in [0.717, 1.165) is 25.7 Å². The van der Waals surface area contributed by atoms with Crippen LogP contribution in [0.3, 0.4) is 0 Å². The molecule has 4 aromatic rings. The van der Waals surface area contributed by atoms with Crippen LogP contribution in [0.4, 0.5) is 0 Å². The lowest BCUT2D eigenvalue weighted by molar-refractivity contribution is 1.15. The van der Waals surface area contributed by atoms with Gasteiger partial charge in [0.25, 0.3) is 5.56 Å². The molecule has 0 bridgehead atoms. The molecule has 0 aliphatic rings. The molecule has 0 radical (unpaired) electrons. The summed E-state index contributed by atoms with van der Waals surface area (Å²) in [7, 11) is 0. The average molecular weight is 397 g/mol. The van der Waals surface area contributed by atoms with Crippen molar-refractivity contribution in [1.29, 1.82) is 0 Å². The Morgan fingerprint density at radius 3 is 2.69 bits per heavy atom. The summed E-state index contributed by atoms with van der Waals surface area (Å²) in [6.07, 6.45) is 4.05. The molecule has 0 atom stereocenters. The third-order valence-electron chi connectivity index (χ3n) is 4.06. The van der Waals surface area contributed by atoms with Gasteiger partial charge in [0.1, 0.15) is 10.7 Å². The Kier molecular flexibility index (Phi) is 4.80. The zero-order valence-electron chi connectivity index (χ0n) is 14.3. The lowest BCUT2D eigenvalue weighted by Crippen LogP contribution is -2.10. The van der Waals surface area contributed by atoms with Gasteiger partial charge in [-0.2, -0.15) is 0 Å². The molecule has 3 aromatic heterocycles. The van der Waals surface area contributed by atoms with Crippen LogP contribution >= 0.6 is 34.4 Å². The van der Waals surface area contributed by atoms with Crippen molar-refractivity contribution in [3.8, 4) is 10.4 Å². The van der Waals surface area contributed by atoms with E-state index in [1.807, 2.05) is 29.1 Å². The minimum atomic E-state index is -0.0847. The average Bonchev–Trinajstić information content (AvgIpc) is 3.30. The molecule has 0 aliphatic heterocycles. The number of benzene rings is 1. The molecule has 0 saturated heterocycles. The van der Waals surface area contributed by atoms with Gasteiger partial charge in [-0.15, -0.1) is 34.4 Å². The molecule has 0 aliphatic carbocycles. The zero-order chi connectivity index (χ0) is 18.1. The van der Waals surface area contributed by atoms with Crippen molar-refractivity contribution in [1.82, 2.24) is 9.97 Å². The minimum absolute atomic E-state index is 0.0847. The van der Waals surface area contributed by atoms with Crippen LogP contribution in [0.1, 0.15) is 17.0 Å². The predicted molar refractivity (Wildman–Crippen MR) is 116 cm³/mol. The quantitative estimate of drug-likeness (QED) is 0.468. The lowest BCUT2D eigenvalue weighted by atomic mass is 10.1. The number of fused-ring (bicyclic) bond motifs is 1. The second-order valence-electron chi connectivity index (χ2n) is 5.84. The summed E-state index contributed by atoms with van der Waals surface area (Å²) >= 11 is 4.73. The number of H-pyrrole nitrogens is 1. The Morgan fingerprint density at radius 2 is 2.00 bits per heavy atom. The van der Waals surface area contributed by atoms with Crippen molar-refractivity contribution in [3.63, 3.8) is 0 Å². The predicted octanol–water partition coefficient (Wildman–Crippen LogP) is 5.88. The highest BCUT2D eigenvalue weighted by Gasteiger charge is 2.15. The molecule has 0 saturated carbocycles. The van der Waals surface area contributed by atoms with Gasteiger partial charge in [0.2, 0.25) is 0 Å². The summed E-state index contributed by atoms with van der Waals surface area (Å²) in [4.78, 5) is 23.3. The monoisotopic (exact) mass is 396 g/mol. The van der Waals surface area contributed by atoms with Gasteiger partial charge in [-0.25, -0.2) is 4.98 Å². The molecule has 6 heteroatoms. The van der Waals surface area contributed by atoms with Gasteiger partial charge in [-0.05, 0) is 36.3 Å². The summed E-state index contributed by atoms with van der Waals surface area (Å²) in [6.45, 7) is 2.07. The molecule has 1 N–H and O–H groups in total. The van der Waals surface area contributed by atoms with E-state index in [2.05, 4.69) is 42.2 Å². The van der Waals surface area contributed by atoms with E-state index in [1.54, 1.807) is 23.1 Å². The van der Waals surface area contributed by atoms with E-state index >= 15 is 0 Å². The zero-order valence-corrected chi connectivity index (χ0v) is 16.7. The van der Waals surface area contributed by atoms with Crippen LogP contribution < -0.4 is 5.56 Å². The number of rotatable bonds is 4. The van der Waals surface area contributed by atoms with E-state index < -0.39 is 0 Å². The maximum Gasteiger partial charge on any atom is 0.260 e. The minimum Gasteiger partial charge on any atom is -0.305 e. The highest BCUT2D eigenvalue weighted by atomic mass is 32.2. The van der Waals surface area contributed by atoms with Crippen LogP contribution in [-0.2, 0) is 0 Å². The molecule has 0 fully saturated rings. The molecule has 0 spiro atoms. The summed E-state index contributed by atoms with van der Waals surface area (Å²) in [5.74, 6) is 0.621. The normalized spacial score (nSPS) is 12.0. The van der Waals surface area contributed by atoms with E-state index in [9.17, 15) is 4.79 Å². The van der Waals surface area contributed by atoms with Crippen molar-refractivity contribution in [2.75, 3.05) is 6.26 Å². The summed E-state index contributed by atoms with van der Waals surface area (Å²) in [5, 5.41) is 4.72. The first-order chi connectivity index (χ1) is 12.7. The number of hydrogen-bond acceptors (Lipinski definition) is 5.